The summed E-state index contributed by atoms with van der Waals surface area (Å²) in [5.41, 5.74) is 0.439. The second-order valence-electron chi connectivity index (χ2n) is 5.52. The Morgan fingerprint density at radius 3 is 2.38 bits per heavy atom. The molecule has 2 aromatic carbocycles. The SMILES string of the molecule is O=C(Cc1cccc(C(F)(F)F)c1)NCC(O)Cc1ccccc1. The zero-order chi connectivity index (χ0) is 17.6. The number of hydrogen-bond donors (Lipinski definition) is 2. The van der Waals surface area contributed by atoms with Crippen LogP contribution in [0.25, 0.3) is 0 Å². The van der Waals surface area contributed by atoms with Gasteiger partial charge in [-0.25, -0.2) is 0 Å². The average molecular weight is 337 g/mol. The number of amides is 1. The average Bonchev–Trinajstić information content (AvgIpc) is 2.53. The maximum Gasteiger partial charge on any atom is 0.416 e. The highest BCUT2D eigenvalue weighted by atomic mass is 19.4. The fraction of sp³-hybridized carbons (Fsp3) is 0.278. The van der Waals surface area contributed by atoms with Gasteiger partial charge in [0.15, 0.2) is 0 Å². The first-order valence-electron chi connectivity index (χ1n) is 7.49. The topological polar surface area (TPSA) is 49.3 Å². The van der Waals surface area contributed by atoms with Gasteiger partial charge in [0.1, 0.15) is 0 Å². The van der Waals surface area contributed by atoms with E-state index >= 15 is 0 Å². The molecule has 2 rings (SSSR count). The summed E-state index contributed by atoms with van der Waals surface area (Å²) < 4.78 is 37.9. The van der Waals surface area contributed by atoms with Gasteiger partial charge in [-0.15, -0.1) is 0 Å². The summed E-state index contributed by atoms with van der Waals surface area (Å²) in [5.74, 6) is -0.429. The molecule has 2 aromatic rings. The molecule has 0 saturated heterocycles. The number of rotatable bonds is 6. The Morgan fingerprint density at radius 2 is 1.71 bits per heavy atom. The second-order valence-corrected chi connectivity index (χ2v) is 5.52. The van der Waals surface area contributed by atoms with Crippen LogP contribution in [-0.2, 0) is 23.8 Å². The fourth-order valence-corrected chi connectivity index (χ4v) is 2.30. The molecule has 0 heterocycles. The minimum Gasteiger partial charge on any atom is -0.391 e. The van der Waals surface area contributed by atoms with Crippen molar-refractivity contribution in [2.75, 3.05) is 6.54 Å². The molecule has 0 aliphatic carbocycles. The van der Waals surface area contributed by atoms with Crippen molar-refractivity contribution in [3.8, 4) is 0 Å². The van der Waals surface area contributed by atoms with Gasteiger partial charge in [0.2, 0.25) is 5.91 Å². The molecular weight excluding hydrogens is 319 g/mol. The maximum absolute atomic E-state index is 12.6. The maximum atomic E-state index is 12.6. The van der Waals surface area contributed by atoms with Crippen LogP contribution in [0.3, 0.4) is 0 Å². The van der Waals surface area contributed by atoms with E-state index in [-0.39, 0.29) is 18.5 Å². The lowest BCUT2D eigenvalue weighted by molar-refractivity contribution is -0.137. The fourth-order valence-electron chi connectivity index (χ4n) is 2.30. The van der Waals surface area contributed by atoms with Crippen LogP contribution >= 0.6 is 0 Å². The molecule has 128 valence electrons. The number of hydrogen-bond acceptors (Lipinski definition) is 2. The Balaban J connectivity index is 1.83. The molecule has 1 amide bonds. The standard InChI is InChI=1S/C18H18F3NO2/c19-18(20,21)15-8-4-7-14(9-15)11-17(24)22-12-16(23)10-13-5-2-1-3-6-13/h1-9,16,23H,10-12H2,(H,22,24). The number of aliphatic hydroxyl groups is 1. The predicted molar refractivity (Wildman–Crippen MR) is 84.3 cm³/mol. The van der Waals surface area contributed by atoms with E-state index in [2.05, 4.69) is 5.32 Å². The first kappa shape index (κ1) is 18.0. The number of halogens is 3. The van der Waals surface area contributed by atoms with Gasteiger partial charge >= 0.3 is 6.18 Å². The van der Waals surface area contributed by atoms with Gasteiger partial charge in [0.05, 0.1) is 18.1 Å². The van der Waals surface area contributed by atoms with Crippen molar-refractivity contribution < 1.29 is 23.1 Å². The van der Waals surface area contributed by atoms with Crippen LogP contribution in [-0.4, -0.2) is 23.7 Å². The van der Waals surface area contributed by atoms with E-state index in [1.807, 2.05) is 30.3 Å². The molecule has 3 nitrogen and oxygen atoms in total. The number of carbonyl (C=O) groups is 1. The van der Waals surface area contributed by atoms with E-state index in [0.29, 0.717) is 6.42 Å². The first-order chi connectivity index (χ1) is 11.3. The largest absolute Gasteiger partial charge is 0.416 e. The molecule has 0 aliphatic heterocycles. The van der Waals surface area contributed by atoms with E-state index in [1.165, 1.54) is 12.1 Å². The summed E-state index contributed by atoms with van der Waals surface area (Å²) in [6.45, 7) is 0.0483. The van der Waals surface area contributed by atoms with Gasteiger partial charge in [-0.3, -0.25) is 4.79 Å². The molecular formula is C18H18F3NO2. The third-order valence-electron chi connectivity index (χ3n) is 3.47. The summed E-state index contributed by atoms with van der Waals surface area (Å²) in [7, 11) is 0. The summed E-state index contributed by atoms with van der Waals surface area (Å²) in [5, 5.41) is 12.4. The Hall–Kier alpha value is -2.34. The number of aliphatic hydroxyl groups excluding tert-OH is 1. The van der Waals surface area contributed by atoms with Gasteiger partial charge in [-0.05, 0) is 17.2 Å². The van der Waals surface area contributed by atoms with Crippen LogP contribution in [0.5, 0.6) is 0 Å². The lowest BCUT2D eigenvalue weighted by Gasteiger charge is -2.12. The summed E-state index contributed by atoms with van der Waals surface area (Å²) in [4.78, 5) is 11.8. The van der Waals surface area contributed by atoms with E-state index in [1.54, 1.807) is 0 Å². The first-order valence-corrected chi connectivity index (χ1v) is 7.49. The minimum atomic E-state index is -4.43. The summed E-state index contributed by atoms with van der Waals surface area (Å²) in [6.07, 6.45) is -4.96. The zero-order valence-corrected chi connectivity index (χ0v) is 12.9. The molecule has 0 aromatic heterocycles. The molecule has 24 heavy (non-hydrogen) atoms. The molecule has 0 bridgehead atoms. The Bertz CT molecular complexity index is 671. The van der Waals surface area contributed by atoms with Crippen LogP contribution in [0.4, 0.5) is 13.2 Å². The normalized spacial score (nSPS) is 12.7. The summed E-state index contributed by atoms with van der Waals surface area (Å²) >= 11 is 0. The third kappa shape index (κ3) is 5.70. The molecule has 1 unspecified atom stereocenters. The third-order valence-corrected chi connectivity index (χ3v) is 3.47. The quantitative estimate of drug-likeness (QED) is 0.851. The van der Waals surface area contributed by atoms with E-state index < -0.39 is 23.8 Å². The molecule has 0 aliphatic rings. The van der Waals surface area contributed by atoms with Gasteiger partial charge < -0.3 is 10.4 Å². The highest BCUT2D eigenvalue weighted by Crippen LogP contribution is 2.29. The Kier molecular flexibility index (Phi) is 5.98. The zero-order valence-electron chi connectivity index (χ0n) is 12.9. The van der Waals surface area contributed by atoms with Crippen molar-refractivity contribution >= 4 is 5.91 Å². The number of nitrogens with one attached hydrogen (secondary N) is 1. The van der Waals surface area contributed by atoms with Crippen LogP contribution in [0.1, 0.15) is 16.7 Å². The smallest absolute Gasteiger partial charge is 0.391 e. The van der Waals surface area contributed by atoms with E-state index in [0.717, 1.165) is 17.7 Å². The molecule has 0 fully saturated rings. The van der Waals surface area contributed by atoms with E-state index in [4.69, 9.17) is 0 Å². The van der Waals surface area contributed by atoms with Crippen molar-refractivity contribution in [3.05, 3.63) is 71.3 Å². The van der Waals surface area contributed by atoms with Gasteiger partial charge in [-0.2, -0.15) is 13.2 Å². The monoisotopic (exact) mass is 337 g/mol. The molecule has 0 saturated carbocycles. The molecule has 0 spiro atoms. The lowest BCUT2D eigenvalue weighted by Crippen LogP contribution is -2.34. The van der Waals surface area contributed by atoms with Gasteiger partial charge in [-0.1, -0.05) is 48.5 Å². The second kappa shape index (κ2) is 7.97. The number of benzene rings is 2. The van der Waals surface area contributed by atoms with Crippen LogP contribution in [0.2, 0.25) is 0 Å². The van der Waals surface area contributed by atoms with Crippen molar-refractivity contribution in [1.82, 2.24) is 5.32 Å². The Labute approximate surface area is 138 Å². The molecule has 0 radical (unpaired) electrons. The summed E-state index contributed by atoms with van der Waals surface area (Å²) in [6, 6.07) is 14.0. The molecule has 6 heteroatoms. The van der Waals surface area contributed by atoms with Gasteiger partial charge in [0.25, 0.3) is 0 Å². The highest BCUT2D eigenvalue weighted by Gasteiger charge is 2.30. The Morgan fingerprint density at radius 1 is 1.04 bits per heavy atom. The lowest BCUT2D eigenvalue weighted by atomic mass is 10.1. The van der Waals surface area contributed by atoms with E-state index in [9.17, 15) is 23.1 Å². The van der Waals surface area contributed by atoms with Crippen molar-refractivity contribution in [2.45, 2.75) is 25.1 Å². The number of carbonyl (C=O) groups excluding carboxylic acids is 1. The van der Waals surface area contributed by atoms with Crippen molar-refractivity contribution in [2.24, 2.45) is 0 Å². The highest BCUT2D eigenvalue weighted by molar-refractivity contribution is 5.78. The van der Waals surface area contributed by atoms with Crippen molar-refractivity contribution in [1.29, 1.82) is 0 Å². The molecule has 2 N–H and O–H groups in total. The molecule has 1 atom stereocenters. The van der Waals surface area contributed by atoms with Crippen molar-refractivity contribution in [3.63, 3.8) is 0 Å². The van der Waals surface area contributed by atoms with Crippen LogP contribution < -0.4 is 5.32 Å². The number of alkyl halides is 3. The van der Waals surface area contributed by atoms with Gasteiger partial charge in [0, 0.05) is 13.0 Å². The van der Waals surface area contributed by atoms with Crippen LogP contribution in [0, 0.1) is 0 Å². The van der Waals surface area contributed by atoms with Crippen LogP contribution in [0.15, 0.2) is 54.6 Å². The minimum absolute atomic E-state index is 0.0483. The predicted octanol–water partition coefficient (Wildman–Crippen LogP) is 2.97.